The van der Waals surface area contributed by atoms with Crippen molar-refractivity contribution in [2.45, 2.75) is 0 Å². The average Bonchev–Trinajstić information content (AvgIpc) is 3.52. The Morgan fingerprint density at radius 2 is 1.12 bits per heavy atom. The highest BCUT2D eigenvalue weighted by atomic mass is 32.1. The van der Waals surface area contributed by atoms with Crippen molar-refractivity contribution in [3.63, 3.8) is 0 Å². The van der Waals surface area contributed by atoms with Crippen LogP contribution in [-0.4, -0.2) is 4.57 Å². The van der Waals surface area contributed by atoms with E-state index >= 15 is 0 Å². The molecular weight excluding hydrogens is 430 g/mol. The van der Waals surface area contributed by atoms with Gasteiger partial charge in [0, 0.05) is 21.2 Å². The van der Waals surface area contributed by atoms with Crippen molar-refractivity contribution in [2.75, 3.05) is 0 Å². The van der Waals surface area contributed by atoms with Crippen LogP contribution in [-0.2, 0) is 0 Å². The molecule has 0 bridgehead atoms. The minimum atomic E-state index is 1.19. The maximum absolute atomic E-state index is 2.39. The van der Waals surface area contributed by atoms with E-state index in [1.807, 2.05) is 11.3 Å². The van der Waals surface area contributed by atoms with E-state index in [0.717, 1.165) is 0 Å². The number of rotatable bonds is 3. The second kappa shape index (κ2) is 7.72. The van der Waals surface area contributed by atoms with Gasteiger partial charge in [0.15, 0.2) is 0 Å². The maximum atomic E-state index is 2.39. The number of hydrogen-bond donors (Lipinski definition) is 0. The van der Waals surface area contributed by atoms with Crippen molar-refractivity contribution >= 4 is 43.2 Å². The van der Waals surface area contributed by atoms with Gasteiger partial charge < -0.3 is 4.57 Å². The molecule has 2 aromatic heterocycles. The van der Waals surface area contributed by atoms with Gasteiger partial charge in [0.2, 0.25) is 0 Å². The molecule has 0 N–H and O–H groups in total. The number of para-hydroxylation sites is 1. The Morgan fingerprint density at radius 3 is 1.88 bits per heavy atom. The number of hydrogen-bond acceptors (Lipinski definition) is 1. The van der Waals surface area contributed by atoms with Crippen molar-refractivity contribution in [1.82, 2.24) is 4.57 Å². The Balaban J connectivity index is 1.46. The second-order valence-electron chi connectivity index (χ2n) is 8.64. The molecule has 0 aliphatic rings. The highest BCUT2D eigenvalue weighted by Gasteiger charge is 2.16. The smallest absolute Gasteiger partial charge is 0.0555 e. The molecule has 0 radical (unpaired) electrons. The molecule has 5 aromatic carbocycles. The van der Waals surface area contributed by atoms with Crippen LogP contribution in [0, 0.1) is 0 Å². The number of thiophene rings is 1. The summed E-state index contributed by atoms with van der Waals surface area (Å²) in [5.41, 5.74) is 8.66. The molecule has 0 aliphatic heterocycles. The van der Waals surface area contributed by atoms with Crippen molar-refractivity contribution in [3.05, 3.63) is 127 Å². The van der Waals surface area contributed by atoms with E-state index in [1.54, 1.807) is 0 Å². The lowest BCUT2D eigenvalue weighted by atomic mass is 9.99. The first-order valence-corrected chi connectivity index (χ1v) is 12.4. The zero-order valence-electron chi connectivity index (χ0n) is 18.5. The lowest BCUT2D eigenvalue weighted by Crippen LogP contribution is -1.92. The van der Waals surface area contributed by atoms with Gasteiger partial charge in [-0.15, -0.1) is 11.3 Å². The molecule has 0 unspecified atom stereocenters. The van der Waals surface area contributed by atoms with Gasteiger partial charge in [-0.1, -0.05) is 84.9 Å². The van der Waals surface area contributed by atoms with Crippen LogP contribution in [0.5, 0.6) is 0 Å². The fourth-order valence-electron chi connectivity index (χ4n) is 5.05. The molecule has 0 aliphatic carbocycles. The molecule has 0 spiro atoms. The van der Waals surface area contributed by atoms with Gasteiger partial charge in [-0.3, -0.25) is 0 Å². The van der Waals surface area contributed by atoms with E-state index in [2.05, 4.69) is 131 Å². The van der Waals surface area contributed by atoms with Crippen LogP contribution in [0.15, 0.2) is 127 Å². The third-order valence-corrected chi connectivity index (χ3v) is 7.63. The van der Waals surface area contributed by atoms with Gasteiger partial charge in [-0.05, 0) is 69.4 Å². The molecule has 1 nitrogen and oxygen atoms in total. The Morgan fingerprint density at radius 1 is 0.500 bits per heavy atom. The number of benzene rings is 5. The molecule has 160 valence electrons. The van der Waals surface area contributed by atoms with Gasteiger partial charge in [0.1, 0.15) is 0 Å². The lowest BCUT2D eigenvalue weighted by Gasteiger charge is -2.08. The normalized spacial score (nSPS) is 11.5. The summed E-state index contributed by atoms with van der Waals surface area (Å²) in [7, 11) is 0. The second-order valence-corrected chi connectivity index (χ2v) is 9.56. The van der Waals surface area contributed by atoms with Crippen LogP contribution in [0.4, 0.5) is 0 Å². The van der Waals surface area contributed by atoms with Crippen molar-refractivity contribution in [2.24, 2.45) is 0 Å². The summed E-state index contributed by atoms with van der Waals surface area (Å²) in [6.45, 7) is 0. The largest absolute Gasteiger partial charge is 0.309 e. The molecule has 0 amide bonds. The van der Waals surface area contributed by atoms with Crippen molar-refractivity contribution in [3.8, 4) is 27.9 Å². The summed E-state index contributed by atoms with van der Waals surface area (Å²) in [6.07, 6.45) is 0. The first-order valence-electron chi connectivity index (χ1n) is 11.5. The van der Waals surface area contributed by atoms with Crippen LogP contribution < -0.4 is 0 Å². The van der Waals surface area contributed by atoms with Gasteiger partial charge in [0.25, 0.3) is 0 Å². The maximum Gasteiger partial charge on any atom is 0.0555 e. The molecule has 2 heterocycles. The zero-order valence-corrected chi connectivity index (χ0v) is 19.3. The molecule has 0 saturated heterocycles. The van der Waals surface area contributed by atoms with E-state index in [0.29, 0.717) is 0 Å². The third-order valence-electron chi connectivity index (χ3n) is 6.69. The first-order chi connectivity index (χ1) is 16.9. The molecule has 0 fully saturated rings. The predicted octanol–water partition coefficient (Wildman–Crippen LogP) is 9.33. The molecule has 0 saturated carbocycles. The SMILES string of the molecule is c1ccc(-c2ccc(-c3ccc4c(c3)c3c5sccc5ccc3n4-c3ccccc3)cc2)cc1. The number of aromatic nitrogens is 1. The Kier molecular flexibility index (Phi) is 4.39. The Labute approximate surface area is 202 Å². The molecular formula is C32H21NS. The summed E-state index contributed by atoms with van der Waals surface area (Å²) in [5, 5.41) is 6.15. The van der Waals surface area contributed by atoms with E-state index in [1.165, 1.54) is 59.8 Å². The van der Waals surface area contributed by atoms with E-state index in [-0.39, 0.29) is 0 Å². The van der Waals surface area contributed by atoms with Crippen LogP contribution in [0.1, 0.15) is 0 Å². The monoisotopic (exact) mass is 451 g/mol. The molecule has 2 heteroatoms. The van der Waals surface area contributed by atoms with E-state index in [4.69, 9.17) is 0 Å². The lowest BCUT2D eigenvalue weighted by molar-refractivity contribution is 1.18. The van der Waals surface area contributed by atoms with Gasteiger partial charge in [-0.25, -0.2) is 0 Å². The van der Waals surface area contributed by atoms with Crippen LogP contribution in [0.25, 0.3) is 59.8 Å². The number of fused-ring (bicyclic) bond motifs is 5. The summed E-state index contributed by atoms with van der Waals surface area (Å²) in [5.74, 6) is 0. The van der Waals surface area contributed by atoms with E-state index in [9.17, 15) is 0 Å². The predicted molar refractivity (Wildman–Crippen MR) is 147 cm³/mol. The fourth-order valence-corrected chi connectivity index (χ4v) is 6.01. The molecule has 7 aromatic rings. The summed E-state index contributed by atoms with van der Waals surface area (Å²) in [4.78, 5) is 0. The van der Waals surface area contributed by atoms with Crippen molar-refractivity contribution in [1.29, 1.82) is 0 Å². The average molecular weight is 452 g/mol. The van der Waals surface area contributed by atoms with Crippen LogP contribution >= 0.6 is 11.3 Å². The standard InChI is InChI=1S/C32H21NS/c1-3-7-22(8-4-1)23-11-13-24(14-12-23)26-16-17-29-28(21-26)31-30(18-15-25-19-20-34-32(25)31)33(29)27-9-5-2-6-10-27/h1-21H. The topological polar surface area (TPSA) is 4.93 Å². The highest BCUT2D eigenvalue weighted by molar-refractivity contribution is 7.18. The van der Waals surface area contributed by atoms with Gasteiger partial charge in [0.05, 0.1) is 11.0 Å². The molecule has 34 heavy (non-hydrogen) atoms. The van der Waals surface area contributed by atoms with Crippen LogP contribution in [0.3, 0.4) is 0 Å². The first kappa shape index (κ1) is 19.3. The van der Waals surface area contributed by atoms with Crippen molar-refractivity contribution < 1.29 is 0 Å². The molecule has 0 atom stereocenters. The minimum Gasteiger partial charge on any atom is -0.309 e. The quantitative estimate of drug-likeness (QED) is 0.252. The van der Waals surface area contributed by atoms with E-state index < -0.39 is 0 Å². The number of nitrogens with zero attached hydrogens (tertiary/aromatic N) is 1. The van der Waals surface area contributed by atoms with Gasteiger partial charge in [-0.2, -0.15) is 0 Å². The summed E-state index contributed by atoms with van der Waals surface area (Å²) < 4.78 is 3.75. The Bertz CT molecular complexity index is 1770. The highest BCUT2D eigenvalue weighted by Crippen LogP contribution is 2.40. The third kappa shape index (κ3) is 3.00. The molecule has 7 rings (SSSR count). The van der Waals surface area contributed by atoms with Gasteiger partial charge >= 0.3 is 0 Å². The zero-order chi connectivity index (χ0) is 22.5. The summed E-state index contributed by atoms with van der Waals surface area (Å²) in [6, 6.07) is 43.8. The van der Waals surface area contributed by atoms with Crippen LogP contribution in [0.2, 0.25) is 0 Å². The summed E-state index contributed by atoms with van der Waals surface area (Å²) >= 11 is 1.83. The minimum absolute atomic E-state index is 1.19. The Hall–Kier alpha value is -4.14. The fraction of sp³-hybridized carbons (Fsp3) is 0.